The number of imide groups is 1. The van der Waals surface area contributed by atoms with Gasteiger partial charge >= 0.3 is 0 Å². The largest absolute Gasteiger partial charge is 0.385 e. The molecule has 3 N–H and O–H groups in total. The van der Waals surface area contributed by atoms with Gasteiger partial charge < -0.3 is 20.4 Å². The van der Waals surface area contributed by atoms with Crippen molar-refractivity contribution in [1.82, 2.24) is 35.1 Å². The van der Waals surface area contributed by atoms with Gasteiger partial charge in [-0.15, -0.1) is 5.10 Å². The van der Waals surface area contributed by atoms with E-state index in [-0.39, 0.29) is 17.5 Å². The molecule has 0 radical (unpaired) electrons. The van der Waals surface area contributed by atoms with Crippen LogP contribution in [0.2, 0.25) is 5.02 Å². The molecule has 1 unspecified atom stereocenters. The Balaban J connectivity index is 0.848. The lowest BCUT2D eigenvalue weighted by atomic mass is 9.89. The number of aromatic nitrogens is 4. The van der Waals surface area contributed by atoms with Gasteiger partial charge in [0.1, 0.15) is 6.17 Å². The van der Waals surface area contributed by atoms with Gasteiger partial charge in [-0.2, -0.15) is 0 Å². The Hall–Kier alpha value is -5.60. The van der Waals surface area contributed by atoms with Gasteiger partial charge in [0.05, 0.1) is 41.4 Å². The van der Waals surface area contributed by atoms with E-state index in [9.17, 15) is 18.8 Å². The van der Waals surface area contributed by atoms with Crippen LogP contribution >= 0.6 is 11.6 Å². The third kappa shape index (κ3) is 6.92. The van der Waals surface area contributed by atoms with E-state index >= 15 is 0 Å². The quantitative estimate of drug-likeness (QED) is 0.168. The number of amides is 3. The molecule has 2 aromatic carbocycles. The van der Waals surface area contributed by atoms with Gasteiger partial charge in [0.25, 0.3) is 5.91 Å². The molecular weight excluding hydrogens is 735 g/mol. The monoisotopic (exact) mass is 776 g/mol. The highest BCUT2D eigenvalue weighted by Gasteiger charge is 2.39. The second kappa shape index (κ2) is 14.8. The molecule has 3 amide bonds. The first kappa shape index (κ1) is 36.1. The average molecular weight is 777 g/mol. The summed E-state index contributed by atoms with van der Waals surface area (Å²) in [7, 11) is 1.81. The van der Waals surface area contributed by atoms with Crippen molar-refractivity contribution in [2.45, 2.75) is 50.2 Å². The molecular formula is C41H42ClFN10O3. The van der Waals surface area contributed by atoms with Crippen molar-refractivity contribution in [2.24, 2.45) is 0 Å². The fraction of sp³-hybridized carbons (Fsp3) is 0.366. The van der Waals surface area contributed by atoms with E-state index in [4.69, 9.17) is 21.7 Å². The fourth-order valence-corrected chi connectivity index (χ4v) is 8.40. The summed E-state index contributed by atoms with van der Waals surface area (Å²) in [5.74, 6) is -0.620. The lowest BCUT2D eigenvalue weighted by molar-refractivity contribution is -0.134. The molecule has 9 rings (SSSR count). The van der Waals surface area contributed by atoms with E-state index < -0.39 is 24.0 Å². The summed E-state index contributed by atoms with van der Waals surface area (Å²) in [4.78, 5) is 53.5. The minimum Gasteiger partial charge on any atom is -0.385 e. The van der Waals surface area contributed by atoms with Gasteiger partial charge in [-0.3, -0.25) is 29.6 Å². The molecule has 4 aliphatic rings. The highest BCUT2D eigenvalue weighted by Crippen LogP contribution is 2.40. The number of carbonyl (C=O) groups is 3. The fourth-order valence-electron chi connectivity index (χ4n) is 8.15. The molecule has 3 aromatic heterocycles. The molecule has 15 heteroatoms. The van der Waals surface area contributed by atoms with Crippen LogP contribution in [0.5, 0.6) is 0 Å². The van der Waals surface area contributed by atoms with Gasteiger partial charge in [-0.1, -0.05) is 35.9 Å². The van der Waals surface area contributed by atoms with Crippen molar-refractivity contribution in [3.8, 4) is 11.3 Å². The third-order valence-corrected chi connectivity index (χ3v) is 11.8. The number of imidazole rings is 1. The Morgan fingerprint density at radius 2 is 1.84 bits per heavy atom. The molecule has 0 bridgehead atoms. The topological polar surface area (TPSA) is 140 Å². The van der Waals surface area contributed by atoms with Crippen LogP contribution in [0.1, 0.15) is 52.4 Å². The lowest BCUT2D eigenvalue weighted by Crippen LogP contribution is -2.47. The molecule has 2 saturated heterocycles. The van der Waals surface area contributed by atoms with Crippen molar-refractivity contribution in [1.29, 1.82) is 0 Å². The van der Waals surface area contributed by atoms with E-state index in [1.807, 2.05) is 43.6 Å². The van der Waals surface area contributed by atoms with E-state index in [2.05, 4.69) is 59.9 Å². The van der Waals surface area contributed by atoms with Crippen LogP contribution in [0.25, 0.3) is 16.9 Å². The molecule has 288 valence electrons. The van der Waals surface area contributed by atoms with Gasteiger partial charge in [0.15, 0.2) is 17.2 Å². The van der Waals surface area contributed by atoms with Crippen molar-refractivity contribution in [2.75, 3.05) is 61.4 Å². The number of halogens is 2. The molecule has 1 aliphatic carbocycles. The van der Waals surface area contributed by atoms with Crippen LogP contribution in [0.4, 0.5) is 27.3 Å². The number of anilines is 4. The Labute approximate surface area is 328 Å². The summed E-state index contributed by atoms with van der Waals surface area (Å²) in [6.07, 6.45) is 5.23. The molecule has 56 heavy (non-hydrogen) atoms. The molecule has 3 fully saturated rings. The number of nitrogens with one attached hydrogen (secondary N) is 3. The second-order valence-corrected chi connectivity index (χ2v) is 15.3. The number of carbonyl (C=O) groups excluding carboxylic acids is 3. The predicted molar refractivity (Wildman–Crippen MR) is 213 cm³/mol. The summed E-state index contributed by atoms with van der Waals surface area (Å²) in [5, 5.41) is 13.8. The first-order valence-corrected chi connectivity index (χ1v) is 19.6. The molecule has 0 spiro atoms. The zero-order valence-corrected chi connectivity index (χ0v) is 31.7. The zero-order chi connectivity index (χ0) is 38.5. The van der Waals surface area contributed by atoms with Crippen molar-refractivity contribution >= 4 is 57.8 Å². The average Bonchev–Trinajstić information content (AvgIpc) is 3.53. The van der Waals surface area contributed by atoms with Gasteiger partial charge in [0.2, 0.25) is 11.8 Å². The second-order valence-electron chi connectivity index (χ2n) is 14.9. The minimum atomic E-state index is -1.00. The maximum Gasteiger partial charge on any atom is 0.271 e. The lowest BCUT2D eigenvalue weighted by Gasteiger charge is -2.36. The SMILES string of the molecule is CNc1cc(N2CCc3c(-c4ccc(N5CCN(CCc6ccc(Cl)c(C7CCC(=O)NC7=O)c6)CC5)cn4)cccc32)nn2c(C(=O)N[C@@H]3C[C@@H]3F)cnc12. The Morgan fingerprint density at radius 1 is 1.00 bits per heavy atom. The standard InChI is InChI=1S/C41H42ClFN10O3/c1-44-34-21-37(49-53-36(23-46-39(34)53)41(56)47-33-20-31(33)43)52-14-12-27-26(3-2-4-35(27)52)32-9-6-25(22-45-32)51-17-15-50(16-18-51)13-11-24-5-8-30(42)29(19-24)28-7-10-38(54)48-40(28)55/h2-6,8-9,19,21-23,28,31,33,44H,7,10-18,20H2,1H3,(H,47,56)(H,48,54,55)/t28?,31-,33+/m0/s1. The predicted octanol–water partition coefficient (Wildman–Crippen LogP) is 4.91. The number of hydrogen-bond donors (Lipinski definition) is 3. The molecule has 6 heterocycles. The van der Waals surface area contributed by atoms with Crippen LogP contribution in [0, 0.1) is 0 Å². The molecule has 1 saturated carbocycles. The van der Waals surface area contributed by atoms with E-state index in [0.717, 1.165) is 85.0 Å². The Morgan fingerprint density at radius 3 is 2.59 bits per heavy atom. The number of fused-ring (bicyclic) bond motifs is 2. The van der Waals surface area contributed by atoms with Crippen LogP contribution in [-0.2, 0) is 22.4 Å². The van der Waals surface area contributed by atoms with Crippen molar-refractivity contribution < 1.29 is 18.8 Å². The van der Waals surface area contributed by atoms with Gasteiger partial charge in [0, 0.05) is 81.5 Å². The van der Waals surface area contributed by atoms with Gasteiger partial charge in [-0.05, 0) is 60.2 Å². The molecule has 13 nitrogen and oxygen atoms in total. The minimum absolute atomic E-state index is 0.228. The van der Waals surface area contributed by atoms with E-state index in [1.165, 1.54) is 16.3 Å². The number of rotatable bonds is 10. The third-order valence-electron chi connectivity index (χ3n) is 11.4. The maximum absolute atomic E-state index is 13.5. The molecule has 5 aromatic rings. The maximum atomic E-state index is 13.5. The smallest absolute Gasteiger partial charge is 0.271 e. The van der Waals surface area contributed by atoms with E-state index in [0.29, 0.717) is 42.3 Å². The summed E-state index contributed by atoms with van der Waals surface area (Å²) in [5.41, 5.74) is 8.74. The molecule has 3 atom stereocenters. The zero-order valence-electron chi connectivity index (χ0n) is 31.0. The highest BCUT2D eigenvalue weighted by molar-refractivity contribution is 6.31. The number of hydrogen-bond acceptors (Lipinski definition) is 10. The normalized spacial score (nSPS) is 20.9. The summed E-state index contributed by atoms with van der Waals surface area (Å²) >= 11 is 6.49. The van der Waals surface area contributed by atoms with E-state index in [1.54, 1.807) is 0 Å². The summed E-state index contributed by atoms with van der Waals surface area (Å²) < 4.78 is 15.1. The molecule has 3 aliphatic heterocycles. The van der Waals surface area contributed by atoms with Crippen molar-refractivity contribution in [3.05, 3.63) is 94.4 Å². The first-order chi connectivity index (χ1) is 27.2. The number of piperidine rings is 1. The van der Waals surface area contributed by atoms with Crippen LogP contribution < -0.4 is 25.8 Å². The summed E-state index contributed by atoms with van der Waals surface area (Å²) in [6.45, 7) is 5.24. The Kier molecular flexibility index (Phi) is 9.54. The Bertz CT molecular complexity index is 2340. The van der Waals surface area contributed by atoms with Gasteiger partial charge in [-0.25, -0.2) is 13.9 Å². The highest BCUT2D eigenvalue weighted by atomic mass is 35.5. The number of piperazine rings is 1. The first-order valence-electron chi connectivity index (χ1n) is 19.2. The van der Waals surface area contributed by atoms with Crippen LogP contribution in [0.15, 0.2) is 67.0 Å². The number of nitrogens with zero attached hydrogens (tertiary/aromatic N) is 7. The number of benzene rings is 2. The summed E-state index contributed by atoms with van der Waals surface area (Å²) in [6, 6.07) is 17.9. The van der Waals surface area contributed by atoms with Crippen molar-refractivity contribution in [3.63, 3.8) is 0 Å². The number of alkyl halides is 1. The number of pyridine rings is 1. The van der Waals surface area contributed by atoms with Crippen LogP contribution in [0.3, 0.4) is 0 Å². The van der Waals surface area contributed by atoms with Crippen LogP contribution in [-0.4, -0.2) is 101 Å².